The summed E-state index contributed by atoms with van der Waals surface area (Å²) < 4.78 is 0. The van der Waals surface area contributed by atoms with Crippen LogP contribution in [-0.2, 0) is 14.4 Å². The van der Waals surface area contributed by atoms with E-state index in [1.807, 2.05) is 0 Å². The van der Waals surface area contributed by atoms with Crippen LogP contribution < -0.4 is 104 Å². The third-order valence-electron chi connectivity index (χ3n) is 1.25. The third-order valence-corrected chi connectivity index (χ3v) is 1.25. The minimum Gasteiger partial charge on any atom is -0.550 e. The van der Waals surface area contributed by atoms with E-state index in [-0.39, 0.29) is 112 Å². The van der Waals surface area contributed by atoms with E-state index in [2.05, 4.69) is 0 Å². The number of carboxylic acids is 3. The van der Waals surface area contributed by atoms with E-state index < -0.39 is 36.4 Å². The van der Waals surface area contributed by atoms with Gasteiger partial charge in [-0.05, 0) is 0 Å². The molecule has 5 N–H and O–H groups in total. The van der Waals surface area contributed by atoms with Crippen LogP contribution in [0, 0.1) is 0 Å². The average Bonchev–Trinajstić information content (AvgIpc) is 1.82. The van der Waals surface area contributed by atoms with Crippen LogP contribution in [0.15, 0.2) is 0 Å². The van der Waals surface area contributed by atoms with Gasteiger partial charge in [0, 0.05) is 24.8 Å². The van der Waals surface area contributed by atoms with Gasteiger partial charge in [0.05, 0.1) is 5.97 Å². The summed E-state index contributed by atoms with van der Waals surface area (Å²) in [5, 5.41) is 38.9. The zero-order valence-corrected chi connectivity index (χ0v) is 17.5. The van der Waals surface area contributed by atoms with Gasteiger partial charge in [-0.25, -0.2) is 0 Å². The van der Waals surface area contributed by atoms with Crippen LogP contribution in [0.2, 0.25) is 0 Å². The first kappa shape index (κ1) is 42.8. The van der Waals surface area contributed by atoms with Gasteiger partial charge in [0.25, 0.3) is 0 Å². The summed E-state index contributed by atoms with van der Waals surface area (Å²) >= 11 is 0. The Balaban J connectivity index is -0.0000000480. The van der Waals surface area contributed by atoms with E-state index in [9.17, 15) is 29.7 Å². The van der Waals surface area contributed by atoms with E-state index in [1.165, 1.54) is 0 Å². The van der Waals surface area contributed by atoms with Crippen LogP contribution in [-0.4, -0.2) is 39.6 Å². The molecular weight excluding hydrogens is 320 g/mol. The first-order valence-corrected chi connectivity index (χ1v) is 3.11. The fourth-order valence-electron chi connectivity index (χ4n) is 0.684. The summed E-state index contributed by atoms with van der Waals surface area (Å²) in [5.74, 6) is -5.98. The van der Waals surface area contributed by atoms with Gasteiger partial charge in [0.15, 0.2) is 0 Å². The van der Waals surface area contributed by atoms with Crippen molar-refractivity contribution in [1.29, 1.82) is 0 Å². The van der Waals surface area contributed by atoms with Crippen LogP contribution in [0.25, 0.3) is 0 Å². The molecule has 0 aliphatic heterocycles. The molecule has 19 heavy (non-hydrogen) atoms. The molecule has 0 rings (SSSR count). The molecule has 0 bridgehead atoms. The summed E-state index contributed by atoms with van der Waals surface area (Å²) in [7, 11) is 0. The third kappa shape index (κ3) is 19.6. The van der Waals surface area contributed by atoms with E-state index in [0.29, 0.717) is 0 Å². The monoisotopic (exact) mass is 330 g/mol. The van der Waals surface area contributed by atoms with Crippen molar-refractivity contribution in [3.05, 3.63) is 0 Å². The maximum atomic E-state index is 10.1. The fourth-order valence-corrected chi connectivity index (χ4v) is 0.684. The average molecular weight is 331 g/mol. The second kappa shape index (κ2) is 19.6. The van der Waals surface area contributed by atoms with Crippen LogP contribution in [0.1, 0.15) is 12.8 Å². The largest absolute Gasteiger partial charge is 1.00 e. The quantitative estimate of drug-likeness (QED) is 0.481. The molecule has 9 nitrogen and oxygen atoms in total. The molecule has 0 fully saturated rings. The number of carbonyl (C=O) groups is 3. The smallest absolute Gasteiger partial charge is 0.550 e. The number of aliphatic carboxylic acids is 3. The number of rotatable bonds is 5. The topological polar surface area (TPSA) is 204 Å². The van der Waals surface area contributed by atoms with Crippen molar-refractivity contribution in [2.45, 2.75) is 18.4 Å². The maximum absolute atomic E-state index is 10.1. The van der Waals surface area contributed by atoms with Gasteiger partial charge in [-0.3, -0.25) is 0 Å². The van der Waals surface area contributed by atoms with Crippen molar-refractivity contribution in [2.75, 3.05) is 0 Å². The Morgan fingerprint density at radius 2 is 1.05 bits per heavy atom. The minimum atomic E-state index is -2.97. The molecule has 0 saturated carbocycles. The Bertz CT molecular complexity index is 246. The second-order valence-corrected chi connectivity index (χ2v) is 2.42. The van der Waals surface area contributed by atoms with Gasteiger partial charge in [0.1, 0.15) is 5.60 Å². The normalized spacial score (nSPS) is 7.42. The summed E-state index contributed by atoms with van der Waals surface area (Å²) in [6.07, 6.45) is -2.72. The Morgan fingerprint density at radius 3 is 1.16 bits per heavy atom. The summed E-state index contributed by atoms with van der Waals surface area (Å²) in [6.45, 7) is 0. The van der Waals surface area contributed by atoms with E-state index in [0.717, 1.165) is 0 Å². The number of carboxylic acid groups (broad SMARTS) is 3. The molecule has 0 aliphatic rings. The summed E-state index contributed by atoms with van der Waals surface area (Å²) in [6, 6.07) is 0. The number of carbonyl (C=O) groups excluding carboxylic acids is 3. The Hall–Kier alpha value is 1.58. The van der Waals surface area contributed by atoms with Crippen molar-refractivity contribution in [3.8, 4) is 0 Å². The first-order valence-electron chi connectivity index (χ1n) is 3.11. The molecule has 0 atom stereocenters. The number of aliphatic hydroxyl groups is 1. The minimum absolute atomic E-state index is 0. The van der Waals surface area contributed by atoms with E-state index in [1.54, 1.807) is 0 Å². The van der Waals surface area contributed by atoms with E-state index in [4.69, 9.17) is 5.11 Å². The van der Waals surface area contributed by atoms with Crippen molar-refractivity contribution >= 4 is 30.3 Å². The van der Waals surface area contributed by atoms with Gasteiger partial charge < -0.3 is 45.8 Å². The van der Waals surface area contributed by atoms with Crippen LogP contribution in [0.5, 0.6) is 0 Å². The molecular formula is C6H10ClNa3O9. The summed E-state index contributed by atoms with van der Waals surface area (Å²) in [5.41, 5.74) is -2.97. The number of hydrogen-bond acceptors (Lipinski definition) is 7. The number of hydrogen-bond donors (Lipinski definition) is 1. The SMILES string of the molecule is Cl.O.O.O=C([O-])CC(O)(CC(=O)[O-])C(=O)[O-].[Na+].[Na+].[Na+]. The standard InChI is InChI=1S/C6H8O7.ClH.3Na.2H2O/c7-3(8)1-6(13,5(11)12)2-4(9)10;;;;;;/h13H,1-2H2,(H,7,8)(H,9,10)(H,11,12);1H;;;;2*1H2/q;;3*+1;;/p-3. The van der Waals surface area contributed by atoms with Crippen LogP contribution in [0.4, 0.5) is 0 Å². The molecule has 13 heteroatoms. The first-order chi connectivity index (χ1) is 5.78. The van der Waals surface area contributed by atoms with Crippen LogP contribution in [0.3, 0.4) is 0 Å². The molecule has 0 heterocycles. The van der Waals surface area contributed by atoms with E-state index >= 15 is 0 Å². The van der Waals surface area contributed by atoms with Gasteiger partial charge >= 0.3 is 88.7 Å². The second-order valence-electron chi connectivity index (χ2n) is 2.42. The number of halogens is 1. The van der Waals surface area contributed by atoms with Crippen LogP contribution >= 0.6 is 12.4 Å². The Labute approximate surface area is 181 Å². The van der Waals surface area contributed by atoms with Gasteiger partial charge in [-0.1, -0.05) is 0 Å². The molecule has 0 radical (unpaired) electrons. The van der Waals surface area contributed by atoms with Crippen molar-refractivity contribution in [1.82, 2.24) is 0 Å². The molecule has 0 spiro atoms. The predicted octanol–water partition coefficient (Wildman–Crippen LogP) is -15.5. The maximum Gasteiger partial charge on any atom is 1.00 e. The molecule has 0 amide bonds. The molecule has 0 saturated heterocycles. The van der Waals surface area contributed by atoms with Gasteiger partial charge in [0.2, 0.25) is 0 Å². The molecule has 98 valence electrons. The molecule has 0 aromatic heterocycles. The molecule has 0 aromatic rings. The fraction of sp³-hybridized carbons (Fsp3) is 0.500. The summed E-state index contributed by atoms with van der Waals surface area (Å²) in [4.78, 5) is 30.0. The Kier molecular flexibility index (Phi) is 44.1. The van der Waals surface area contributed by atoms with Gasteiger partial charge in [-0.2, -0.15) is 0 Å². The molecule has 0 unspecified atom stereocenters. The van der Waals surface area contributed by atoms with Crippen molar-refractivity contribution in [2.24, 2.45) is 0 Å². The zero-order chi connectivity index (χ0) is 10.6. The van der Waals surface area contributed by atoms with Crippen molar-refractivity contribution in [3.63, 3.8) is 0 Å². The predicted molar refractivity (Wildman–Crippen MR) is 43.7 cm³/mol. The zero-order valence-electron chi connectivity index (χ0n) is 10.7. The van der Waals surface area contributed by atoms with Crippen molar-refractivity contribution < 1.29 is 134 Å². The Morgan fingerprint density at radius 1 is 0.842 bits per heavy atom. The van der Waals surface area contributed by atoms with Gasteiger partial charge in [-0.15, -0.1) is 12.4 Å². The molecule has 0 aliphatic carbocycles. The molecule has 0 aromatic carbocycles.